The van der Waals surface area contributed by atoms with E-state index < -0.39 is 0 Å². The number of hydrogen-bond acceptors (Lipinski definition) is 3. The van der Waals surface area contributed by atoms with Crippen LogP contribution in [0.4, 0.5) is 0 Å². The zero-order valence-electron chi connectivity index (χ0n) is 11.5. The normalized spacial score (nSPS) is 18.6. The Morgan fingerprint density at radius 1 is 1.39 bits per heavy atom. The van der Waals surface area contributed by atoms with Gasteiger partial charge in [0, 0.05) is 24.8 Å². The molecule has 2 rings (SSSR count). The van der Waals surface area contributed by atoms with Gasteiger partial charge in [0.15, 0.2) is 0 Å². The molecule has 0 spiro atoms. The minimum Gasteiger partial charge on any atom is -0.481 e. The van der Waals surface area contributed by atoms with Gasteiger partial charge in [-0.1, -0.05) is 19.3 Å². The Kier molecular flexibility index (Phi) is 5.00. The molecule has 1 aliphatic rings. The van der Waals surface area contributed by atoms with Crippen LogP contribution in [0.15, 0.2) is 18.3 Å². The summed E-state index contributed by atoms with van der Waals surface area (Å²) in [6, 6.07) is 4.65. The van der Waals surface area contributed by atoms with Gasteiger partial charge in [0.1, 0.15) is 0 Å². The number of pyridine rings is 1. The van der Waals surface area contributed by atoms with Gasteiger partial charge in [0.05, 0.1) is 7.11 Å². The molecular weight excluding hydrogens is 224 g/mol. The molecule has 1 unspecified atom stereocenters. The summed E-state index contributed by atoms with van der Waals surface area (Å²) in [6.45, 7) is 3.21. The topological polar surface area (TPSA) is 34.1 Å². The molecule has 1 heterocycles. The fourth-order valence-corrected chi connectivity index (χ4v) is 2.75. The van der Waals surface area contributed by atoms with Gasteiger partial charge in [-0.3, -0.25) is 0 Å². The van der Waals surface area contributed by atoms with Gasteiger partial charge in [-0.2, -0.15) is 0 Å². The molecule has 0 aliphatic heterocycles. The lowest BCUT2D eigenvalue weighted by molar-refractivity contribution is 0.280. The molecule has 0 saturated heterocycles. The summed E-state index contributed by atoms with van der Waals surface area (Å²) in [4.78, 5) is 4.12. The molecule has 18 heavy (non-hydrogen) atoms. The van der Waals surface area contributed by atoms with Crippen LogP contribution in [-0.2, 0) is 6.54 Å². The third kappa shape index (κ3) is 3.70. The van der Waals surface area contributed by atoms with E-state index in [1.165, 1.54) is 37.7 Å². The summed E-state index contributed by atoms with van der Waals surface area (Å²) in [7, 11) is 1.66. The lowest BCUT2D eigenvalue weighted by Gasteiger charge is -2.28. The van der Waals surface area contributed by atoms with Crippen molar-refractivity contribution in [3.05, 3.63) is 23.9 Å². The van der Waals surface area contributed by atoms with Crippen LogP contribution in [0.2, 0.25) is 0 Å². The van der Waals surface area contributed by atoms with Gasteiger partial charge in [-0.15, -0.1) is 0 Å². The maximum Gasteiger partial charge on any atom is 0.213 e. The Hall–Kier alpha value is -1.09. The van der Waals surface area contributed by atoms with Crippen molar-refractivity contribution in [3.8, 4) is 5.88 Å². The third-order valence-corrected chi connectivity index (χ3v) is 3.99. The Morgan fingerprint density at radius 2 is 2.17 bits per heavy atom. The minimum atomic E-state index is 0.601. The first-order valence-electron chi connectivity index (χ1n) is 7.02. The monoisotopic (exact) mass is 248 g/mol. The molecule has 1 aromatic rings. The highest BCUT2D eigenvalue weighted by Crippen LogP contribution is 2.26. The molecule has 3 nitrogen and oxygen atoms in total. The standard InChI is InChI=1S/C15H24N2O/c1-12(14-6-4-3-5-7-14)17-11-13-8-9-16-15(10-13)18-2/h8-10,12,14,17H,3-7,11H2,1-2H3. The second-order valence-corrected chi connectivity index (χ2v) is 5.27. The van der Waals surface area contributed by atoms with E-state index in [9.17, 15) is 0 Å². The van der Waals surface area contributed by atoms with E-state index in [0.717, 1.165) is 12.5 Å². The Labute approximate surface area is 110 Å². The summed E-state index contributed by atoms with van der Waals surface area (Å²) in [5, 5.41) is 3.64. The van der Waals surface area contributed by atoms with Crippen LogP contribution < -0.4 is 10.1 Å². The molecule has 3 heteroatoms. The molecule has 0 aromatic carbocycles. The number of nitrogens with one attached hydrogen (secondary N) is 1. The molecule has 1 saturated carbocycles. The smallest absolute Gasteiger partial charge is 0.213 e. The van der Waals surface area contributed by atoms with Crippen molar-refractivity contribution in [3.63, 3.8) is 0 Å². The van der Waals surface area contributed by atoms with Gasteiger partial charge in [0.2, 0.25) is 5.88 Å². The quantitative estimate of drug-likeness (QED) is 0.869. The summed E-state index contributed by atoms with van der Waals surface area (Å²) in [6.07, 6.45) is 8.80. The fraction of sp³-hybridized carbons (Fsp3) is 0.667. The van der Waals surface area contributed by atoms with E-state index in [0.29, 0.717) is 11.9 Å². The van der Waals surface area contributed by atoms with Gasteiger partial charge < -0.3 is 10.1 Å². The van der Waals surface area contributed by atoms with Crippen LogP contribution in [0.5, 0.6) is 5.88 Å². The van der Waals surface area contributed by atoms with Crippen molar-refractivity contribution < 1.29 is 4.74 Å². The molecule has 1 fully saturated rings. The van der Waals surface area contributed by atoms with Crippen LogP contribution in [0.3, 0.4) is 0 Å². The number of aromatic nitrogens is 1. The van der Waals surface area contributed by atoms with Crippen LogP contribution in [0.1, 0.15) is 44.6 Å². The van der Waals surface area contributed by atoms with Gasteiger partial charge in [-0.05, 0) is 37.3 Å². The second kappa shape index (κ2) is 6.74. The Balaban J connectivity index is 1.82. The van der Waals surface area contributed by atoms with Crippen molar-refractivity contribution in [2.75, 3.05) is 7.11 Å². The van der Waals surface area contributed by atoms with E-state index in [-0.39, 0.29) is 0 Å². The summed E-state index contributed by atoms with van der Waals surface area (Å²) in [5.74, 6) is 1.54. The van der Waals surface area contributed by atoms with Crippen molar-refractivity contribution in [2.45, 2.75) is 51.6 Å². The van der Waals surface area contributed by atoms with E-state index in [1.54, 1.807) is 13.3 Å². The second-order valence-electron chi connectivity index (χ2n) is 5.27. The first-order chi connectivity index (χ1) is 8.79. The molecule has 0 bridgehead atoms. The molecule has 0 radical (unpaired) electrons. The molecule has 0 amide bonds. The van der Waals surface area contributed by atoms with Crippen LogP contribution >= 0.6 is 0 Å². The minimum absolute atomic E-state index is 0.601. The third-order valence-electron chi connectivity index (χ3n) is 3.99. The SMILES string of the molecule is COc1cc(CNC(C)C2CCCCC2)ccn1. The molecule has 1 N–H and O–H groups in total. The zero-order chi connectivity index (χ0) is 12.8. The average Bonchev–Trinajstić information content (AvgIpc) is 2.46. The largest absolute Gasteiger partial charge is 0.481 e. The van der Waals surface area contributed by atoms with Crippen LogP contribution in [-0.4, -0.2) is 18.1 Å². The number of nitrogens with zero attached hydrogens (tertiary/aromatic N) is 1. The molecule has 1 atom stereocenters. The highest BCUT2D eigenvalue weighted by Gasteiger charge is 2.19. The highest BCUT2D eigenvalue weighted by atomic mass is 16.5. The van der Waals surface area contributed by atoms with E-state index >= 15 is 0 Å². The van der Waals surface area contributed by atoms with Crippen LogP contribution in [0, 0.1) is 5.92 Å². The van der Waals surface area contributed by atoms with Crippen molar-refractivity contribution >= 4 is 0 Å². The fourth-order valence-electron chi connectivity index (χ4n) is 2.75. The van der Waals surface area contributed by atoms with Crippen molar-refractivity contribution in [2.24, 2.45) is 5.92 Å². The molecular formula is C15H24N2O. The zero-order valence-corrected chi connectivity index (χ0v) is 11.5. The predicted molar refractivity (Wildman–Crippen MR) is 73.7 cm³/mol. The van der Waals surface area contributed by atoms with E-state index in [1.807, 2.05) is 12.1 Å². The number of rotatable bonds is 5. The van der Waals surface area contributed by atoms with Crippen molar-refractivity contribution in [1.82, 2.24) is 10.3 Å². The first-order valence-corrected chi connectivity index (χ1v) is 7.02. The number of methoxy groups -OCH3 is 1. The van der Waals surface area contributed by atoms with E-state index in [2.05, 4.69) is 17.2 Å². The predicted octanol–water partition coefficient (Wildman–Crippen LogP) is 3.15. The Bertz CT molecular complexity index is 361. The lowest BCUT2D eigenvalue weighted by Crippen LogP contribution is -2.34. The molecule has 1 aliphatic carbocycles. The van der Waals surface area contributed by atoms with Gasteiger partial charge in [-0.25, -0.2) is 4.98 Å². The van der Waals surface area contributed by atoms with Crippen LogP contribution in [0.25, 0.3) is 0 Å². The molecule has 100 valence electrons. The van der Waals surface area contributed by atoms with Gasteiger partial charge >= 0.3 is 0 Å². The summed E-state index contributed by atoms with van der Waals surface area (Å²) < 4.78 is 5.14. The highest BCUT2D eigenvalue weighted by molar-refractivity contribution is 5.20. The molecule has 1 aromatic heterocycles. The lowest BCUT2D eigenvalue weighted by atomic mass is 9.84. The summed E-state index contributed by atoms with van der Waals surface area (Å²) in [5.41, 5.74) is 1.24. The maximum atomic E-state index is 5.14. The van der Waals surface area contributed by atoms with Crippen molar-refractivity contribution in [1.29, 1.82) is 0 Å². The maximum absolute atomic E-state index is 5.14. The summed E-state index contributed by atoms with van der Waals surface area (Å²) >= 11 is 0. The number of hydrogen-bond donors (Lipinski definition) is 1. The Morgan fingerprint density at radius 3 is 2.89 bits per heavy atom. The first kappa shape index (κ1) is 13.3. The van der Waals surface area contributed by atoms with E-state index in [4.69, 9.17) is 4.74 Å². The average molecular weight is 248 g/mol. The number of ether oxygens (including phenoxy) is 1. The van der Waals surface area contributed by atoms with Gasteiger partial charge in [0.25, 0.3) is 0 Å².